The molecule has 0 unspecified atom stereocenters. The van der Waals surface area contributed by atoms with Crippen LogP contribution in [0.4, 0.5) is 0 Å². The van der Waals surface area contributed by atoms with Crippen molar-refractivity contribution in [2.75, 3.05) is 13.7 Å². The summed E-state index contributed by atoms with van der Waals surface area (Å²) in [6, 6.07) is 24.6. The number of nitrogens with zero attached hydrogens (tertiary/aromatic N) is 1. The minimum atomic E-state index is -0.235. The fourth-order valence-electron chi connectivity index (χ4n) is 3.73. The molecule has 0 aromatic heterocycles. The molecule has 4 rings (SSSR count). The maximum atomic E-state index is 13.1. The van der Waals surface area contributed by atoms with Crippen molar-refractivity contribution in [3.05, 3.63) is 100 Å². The molecule has 0 bridgehead atoms. The number of nitrogens with one attached hydrogen (secondary N) is 1. The highest BCUT2D eigenvalue weighted by molar-refractivity contribution is 8.26. The summed E-state index contributed by atoms with van der Waals surface area (Å²) in [6.07, 6.45) is 1.79. The van der Waals surface area contributed by atoms with Gasteiger partial charge in [0.15, 0.2) is 18.1 Å². The first kappa shape index (κ1) is 25.5. The van der Waals surface area contributed by atoms with Gasteiger partial charge in [-0.15, -0.1) is 0 Å². The molecule has 8 heteroatoms. The molecule has 184 valence electrons. The van der Waals surface area contributed by atoms with Crippen LogP contribution < -0.4 is 14.8 Å². The van der Waals surface area contributed by atoms with Gasteiger partial charge in [0, 0.05) is 6.54 Å². The normalized spacial score (nSPS) is 15.2. The number of ether oxygens (including phenoxy) is 2. The number of thiocarbonyl (C=S) groups is 1. The van der Waals surface area contributed by atoms with E-state index in [0.29, 0.717) is 27.3 Å². The molecule has 3 aromatic carbocycles. The third-order valence-electron chi connectivity index (χ3n) is 5.67. The fourth-order valence-corrected chi connectivity index (χ4v) is 5.15. The second-order valence-electron chi connectivity index (χ2n) is 8.10. The van der Waals surface area contributed by atoms with Gasteiger partial charge in [-0.05, 0) is 41.8 Å². The van der Waals surface area contributed by atoms with Gasteiger partial charge < -0.3 is 14.8 Å². The number of hydrogen-bond acceptors (Lipinski definition) is 6. The van der Waals surface area contributed by atoms with Crippen LogP contribution in [0.15, 0.2) is 83.8 Å². The summed E-state index contributed by atoms with van der Waals surface area (Å²) in [5, 5.41) is 2.83. The minimum Gasteiger partial charge on any atom is -0.493 e. The zero-order valence-electron chi connectivity index (χ0n) is 20.0. The second-order valence-corrected chi connectivity index (χ2v) is 9.78. The lowest BCUT2D eigenvalue weighted by atomic mass is 10.1. The summed E-state index contributed by atoms with van der Waals surface area (Å²) in [5.74, 6) is 0.541. The molecule has 1 aliphatic rings. The van der Waals surface area contributed by atoms with E-state index in [1.807, 2.05) is 73.7 Å². The Morgan fingerprint density at radius 3 is 2.44 bits per heavy atom. The number of rotatable bonds is 9. The minimum absolute atomic E-state index is 0.129. The number of thioether (sulfide) groups is 1. The molecule has 1 heterocycles. The third-order valence-corrected chi connectivity index (χ3v) is 7.00. The maximum Gasteiger partial charge on any atom is 0.266 e. The summed E-state index contributed by atoms with van der Waals surface area (Å²) in [5.41, 5.74) is 2.79. The van der Waals surface area contributed by atoms with E-state index in [-0.39, 0.29) is 24.5 Å². The standard InChI is InChI=1S/C28H26N2O4S2/c1-19(22-11-7-4-8-12-22)30-27(32)25(36-28(30)35)16-21-13-14-23(24(15-21)33-2)34-18-26(31)29-17-20-9-5-3-6-10-20/h3-16,19H,17-18H2,1-2H3,(H,29,31)/b25-16-/t19-/m0/s1. The Bertz CT molecular complexity index is 1280. The molecular formula is C28H26N2O4S2. The van der Waals surface area contributed by atoms with E-state index in [4.69, 9.17) is 21.7 Å². The molecule has 3 aromatic rings. The first-order chi connectivity index (χ1) is 17.5. The first-order valence-electron chi connectivity index (χ1n) is 11.4. The predicted octanol–water partition coefficient (Wildman–Crippen LogP) is 5.35. The number of benzene rings is 3. The van der Waals surface area contributed by atoms with Gasteiger partial charge in [0.2, 0.25) is 0 Å². The Balaban J connectivity index is 1.40. The lowest BCUT2D eigenvalue weighted by Crippen LogP contribution is -2.30. The Hall–Kier alpha value is -3.62. The molecule has 1 N–H and O–H groups in total. The number of hydrogen-bond donors (Lipinski definition) is 1. The van der Waals surface area contributed by atoms with Crippen LogP contribution in [-0.2, 0) is 16.1 Å². The van der Waals surface area contributed by atoms with Gasteiger partial charge >= 0.3 is 0 Å². The van der Waals surface area contributed by atoms with Crippen molar-refractivity contribution < 1.29 is 19.1 Å². The monoisotopic (exact) mass is 518 g/mol. The van der Waals surface area contributed by atoms with Crippen LogP contribution in [0.25, 0.3) is 6.08 Å². The molecule has 36 heavy (non-hydrogen) atoms. The average molecular weight is 519 g/mol. The molecule has 6 nitrogen and oxygen atoms in total. The first-order valence-corrected chi connectivity index (χ1v) is 12.6. The SMILES string of the molecule is COc1cc(/C=C2\SC(=S)N([C@@H](C)c3ccccc3)C2=O)ccc1OCC(=O)NCc1ccccc1. The van der Waals surface area contributed by atoms with E-state index in [1.165, 1.54) is 18.9 Å². The number of methoxy groups -OCH3 is 1. The average Bonchev–Trinajstić information content (AvgIpc) is 3.19. The third kappa shape index (κ3) is 6.13. The van der Waals surface area contributed by atoms with Crippen LogP contribution in [0.3, 0.4) is 0 Å². The van der Waals surface area contributed by atoms with Gasteiger partial charge in [-0.1, -0.05) is 90.7 Å². The number of carbonyl (C=O) groups excluding carboxylic acids is 2. The highest BCUT2D eigenvalue weighted by atomic mass is 32.2. The molecule has 0 aliphatic carbocycles. The van der Waals surface area contributed by atoms with Gasteiger partial charge in [0.25, 0.3) is 11.8 Å². The second kappa shape index (κ2) is 11.9. The molecule has 1 atom stereocenters. The molecular weight excluding hydrogens is 492 g/mol. The largest absolute Gasteiger partial charge is 0.493 e. The smallest absolute Gasteiger partial charge is 0.266 e. The van der Waals surface area contributed by atoms with Gasteiger partial charge in [-0.2, -0.15) is 0 Å². The van der Waals surface area contributed by atoms with Crippen LogP contribution in [0.5, 0.6) is 11.5 Å². The predicted molar refractivity (Wildman–Crippen MR) is 147 cm³/mol. The molecule has 1 aliphatic heterocycles. The molecule has 0 radical (unpaired) electrons. The molecule has 0 saturated carbocycles. The summed E-state index contributed by atoms with van der Waals surface area (Å²) in [6.45, 7) is 2.26. The van der Waals surface area contributed by atoms with Crippen molar-refractivity contribution in [2.24, 2.45) is 0 Å². The van der Waals surface area contributed by atoms with E-state index >= 15 is 0 Å². The van der Waals surface area contributed by atoms with E-state index < -0.39 is 0 Å². The van der Waals surface area contributed by atoms with Crippen LogP contribution in [-0.4, -0.2) is 34.8 Å². The van der Waals surface area contributed by atoms with Crippen molar-refractivity contribution >= 4 is 46.2 Å². The topological polar surface area (TPSA) is 67.9 Å². The van der Waals surface area contributed by atoms with E-state index in [2.05, 4.69) is 5.32 Å². The van der Waals surface area contributed by atoms with E-state index in [9.17, 15) is 9.59 Å². The van der Waals surface area contributed by atoms with Crippen LogP contribution >= 0.6 is 24.0 Å². The highest BCUT2D eigenvalue weighted by Gasteiger charge is 2.35. The number of carbonyl (C=O) groups is 2. The molecule has 1 saturated heterocycles. The van der Waals surface area contributed by atoms with Crippen LogP contribution in [0, 0.1) is 0 Å². The zero-order chi connectivity index (χ0) is 25.5. The summed E-state index contributed by atoms with van der Waals surface area (Å²) < 4.78 is 11.7. The van der Waals surface area contributed by atoms with E-state index in [1.54, 1.807) is 23.1 Å². The van der Waals surface area contributed by atoms with Crippen molar-refractivity contribution in [1.82, 2.24) is 10.2 Å². The molecule has 1 fully saturated rings. The van der Waals surface area contributed by atoms with Crippen LogP contribution in [0.2, 0.25) is 0 Å². The van der Waals surface area contributed by atoms with Gasteiger partial charge in [-0.3, -0.25) is 14.5 Å². The molecule has 2 amide bonds. The van der Waals surface area contributed by atoms with Crippen molar-refractivity contribution in [3.63, 3.8) is 0 Å². The Labute approximate surface area is 220 Å². The summed E-state index contributed by atoms with van der Waals surface area (Å²) >= 11 is 6.79. The Kier molecular flexibility index (Phi) is 8.40. The lowest BCUT2D eigenvalue weighted by Gasteiger charge is -2.23. The van der Waals surface area contributed by atoms with E-state index in [0.717, 1.165) is 16.7 Å². The molecule has 0 spiro atoms. The Morgan fingerprint density at radius 1 is 1.06 bits per heavy atom. The van der Waals surface area contributed by atoms with Gasteiger partial charge in [-0.25, -0.2) is 0 Å². The Morgan fingerprint density at radius 2 is 1.75 bits per heavy atom. The number of amides is 2. The van der Waals surface area contributed by atoms with Crippen molar-refractivity contribution in [3.8, 4) is 11.5 Å². The van der Waals surface area contributed by atoms with Crippen molar-refractivity contribution in [1.29, 1.82) is 0 Å². The van der Waals surface area contributed by atoms with Crippen LogP contribution in [0.1, 0.15) is 29.7 Å². The highest BCUT2D eigenvalue weighted by Crippen LogP contribution is 2.38. The van der Waals surface area contributed by atoms with Crippen molar-refractivity contribution in [2.45, 2.75) is 19.5 Å². The maximum absolute atomic E-state index is 13.1. The fraction of sp³-hybridized carbons (Fsp3) is 0.179. The quantitative estimate of drug-likeness (QED) is 0.304. The summed E-state index contributed by atoms with van der Waals surface area (Å²) in [4.78, 5) is 27.5. The summed E-state index contributed by atoms with van der Waals surface area (Å²) in [7, 11) is 1.53. The zero-order valence-corrected chi connectivity index (χ0v) is 21.6. The van der Waals surface area contributed by atoms with Gasteiger partial charge in [0.1, 0.15) is 4.32 Å². The van der Waals surface area contributed by atoms with Gasteiger partial charge in [0.05, 0.1) is 18.1 Å². The lowest BCUT2D eigenvalue weighted by molar-refractivity contribution is -0.124.